The van der Waals surface area contributed by atoms with Crippen molar-refractivity contribution in [3.05, 3.63) is 113 Å². The Morgan fingerprint density at radius 3 is 2.39 bits per heavy atom. The highest BCUT2D eigenvalue weighted by molar-refractivity contribution is 6.30. The molecule has 1 amide bonds. The van der Waals surface area contributed by atoms with E-state index in [-0.39, 0.29) is 11.9 Å². The molecule has 0 saturated heterocycles. The number of nitrogens with one attached hydrogen (secondary N) is 1. The van der Waals surface area contributed by atoms with Crippen molar-refractivity contribution in [1.82, 2.24) is 14.9 Å². The lowest BCUT2D eigenvalue weighted by Crippen LogP contribution is -2.29. The van der Waals surface area contributed by atoms with Crippen LogP contribution in [0.1, 0.15) is 33.2 Å². The molecule has 0 spiro atoms. The van der Waals surface area contributed by atoms with Crippen LogP contribution in [-0.4, -0.2) is 22.6 Å². The minimum absolute atomic E-state index is 0.199. The van der Waals surface area contributed by atoms with Crippen LogP contribution in [0.4, 0.5) is 0 Å². The van der Waals surface area contributed by atoms with Crippen LogP contribution in [0.25, 0.3) is 5.69 Å². The Morgan fingerprint density at radius 2 is 1.74 bits per heavy atom. The van der Waals surface area contributed by atoms with Gasteiger partial charge in [0, 0.05) is 16.8 Å². The largest absolute Gasteiger partial charge is 0.495 e. The van der Waals surface area contributed by atoms with Crippen LogP contribution in [0.2, 0.25) is 5.02 Å². The Labute approximate surface area is 186 Å². The molecule has 1 aromatic heterocycles. The van der Waals surface area contributed by atoms with Crippen LogP contribution >= 0.6 is 11.6 Å². The summed E-state index contributed by atoms with van der Waals surface area (Å²) in [6, 6.07) is 22.4. The minimum Gasteiger partial charge on any atom is -0.495 e. The number of aromatic nitrogens is 2. The summed E-state index contributed by atoms with van der Waals surface area (Å²) in [5.41, 5.74) is 4.15. The zero-order valence-electron chi connectivity index (χ0n) is 17.2. The lowest BCUT2D eigenvalue weighted by Gasteiger charge is -2.20. The van der Waals surface area contributed by atoms with Gasteiger partial charge in [0.15, 0.2) is 0 Å². The maximum atomic E-state index is 13.2. The predicted octanol–water partition coefficient (Wildman–Crippen LogP) is 5.36. The van der Waals surface area contributed by atoms with Gasteiger partial charge in [-0.05, 0) is 48.4 Å². The normalized spacial score (nSPS) is 11.7. The number of carbonyl (C=O) groups is 1. The van der Waals surface area contributed by atoms with Crippen molar-refractivity contribution in [3.8, 4) is 11.4 Å². The van der Waals surface area contributed by atoms with Gasteiger partial charge in [-0.2, -0.15) is 0 Å². The van der Waals surface area contributed by atoms with Crippen LogP contribution < -0.4 is 10.1 Å². The number of nitrogens with zero attached hydrogens (tertiary/aromatic N) is 2. The summed E-state index contributed by atoms with van der Waals surface area (Å²) in [4.78, 5) is 17.4. The van der Waals surface area contributed by atoms with Crippen molar-refractivity contribution in [3.63, 3.8) is 0 Å². The number of hydrogen-bond acceptors (Lipinski definition) is 3. The van der Waals surface area contributed by atoms with Crippen LogP contribution in [0.5, 0.6) is 5.75 Å². The minimum atomic E-state index is -0.312. The molecule has 4 aromatic rings. The van der Waals surface area contributed by atoms with Crippen molar-refractivity contribution in [2.75, 3.05) is 7.11 Å². The summed E-state index contributed by atoms with van der Waals surface area (Å²) in [7, 11) is 1.59. The summed E-state index contributed by atoms with van der Waals surface area (Å²) < 4.78 is 7.42. The van der Waals surface area contributed by atoms with E-state index in [9.17, 15) is 4.79 Å². The summed E-state index contributed by atoms with van der Waals surface area (Å²) in [5, 5.41) is 3.79. The van der Waals surface area contributed by atoms with Gasteiger partial charge in [0.1, 0.15) is 5.75 Å². The van der Waals surface area contributed by atoms with Crippen LogP contribution in [-0.2, 0) is 0 Å². The van der Waals surface area contributed by atoms with Gasteiger partial charge < -0.3 is 14.6 Å². The monoisotopic (exact) mass is 431 g/mol. The second-order valence-electron chi connectivity index (χ2n) is 7.18. The standard InChI is InChI=1S/C25H22ClN3O2/c1-17-15-29(16-27-17)22-13-10-20(14-23(22)31-2)25(30)28-24(18-6-4-3-5-7-18)19-8-11-21(26)12-9-19/h3-16,24H,1-2H3,(H,28,30). The number of benzene rings is 3. The Morgan fingerprint density at radius 1 is 1.03 bits per heavy atom. The molecule has 1 N–H and O–H groups in total. The van der Waals surface area contributed by atoms with E-state index in [1.807, 2.05) is 78.4 Å². The molecule has 156 valence electrons. The zero-order chi connectivity index (χ0) is 21.8. The molecule has 4 rings (SSSR count). The highest BCUT2D eigenvalue weighted by atomic mass is 35.5. The zero-order valence-corrected chi connectivity index (χ0v) is 18.0. The molecule has 0 radical (unpaired) electrons. The van der Waals surface area contributed by atoms with Gasteiger partial charge in [0.05, 0.1) is 30.9 Å². The van der Waals surface area contributed by atoms with Crippen LogP contribution in [0, 0.1) is 6.92 Å². The van der Waals surface area contributed by atoms with Gasteiger partial charge in [0.25, 0.3) is 5.91 Å². The fraction of sp³-hybridized carbons (Fsp3) is 0.120. The molecule has 3 aromatic carbocycles. The molecule has 0 fully saturated rings. The Hall–Kier alpha value is -3.57. The molecule has 1 heterocycles. The average molecular weight is 432 g/mol. The molecular formula is C25H22ClN3O2. The summed E-state index contributed by atoms with van der Waals surface area (Å²) in [5.74, 6) is 0.392. The molecule has 5 nitrogen and oxygen atoms in total. The maximum absolute atomic E-state index is 13.2. The fourth-order valence-corrected chi connectivity index (χ4v) is 3.59. The van der Waals surface area contributed by atoms with E-state index in [2.05, 4.69) is 10.3 Å². The molecule has 0 saturated carbocycles. The Bertz CT molecular complexity index is 1190. The van der Waals surface area contributed by atoms with Gasteiger partial charge in [-0.1, -0.05) is 54.1 Å². The molecule has 0 aliphatic rings. The lowest BCUT2D eigenvalue weighted by atomic mass is 9.98. The third kappa shape index (κ3) is 4.62. The molecule has 31 heavy (non-hydrogen) atoms. The summed E-state index contributed by atoms with van der Waals surface area (Å²) in [6.45, 7) is 1.92. The first kappa shape index (κ1) is 20.7. The number of carbonyl (C=O) groups excluding carboxylic acids is 1. The number of hydrogen-bond donors (Lipinski definition) is 1. The number of imidazole rings is 1. The lowest BCUT2D eigenvalue weighted by molar-refractivity contribution is 0.0942. The van der Waals surface area contributed by atoms with E-state index in [1.54, 1.807) is 25.6 Å². The van der Waals surface area contributed by atoms with Crippen molar-refractivity contribution >= 4 is 17.5 Å². The smallest absolute Gasteiger partial charge is 0.252 e. The first-order valence-corrected chi connectivity index (χ1v) is 10.2. The third-order valence-corrected chi connectivity index (χ3v) is 5.30. The van der Waals surface area contributed by atoms with E-state index in [0.717, 1.165) is 22.5 Å². The molecule has 6 heteroatoms. The molecular weight excluding hydrogens is 410 g/mol. The Balaban J connectivity index is 1.65. The number of methoxy groups -OCH3 is 1. The van der Waals surface area contributed by atoms with Crippen LogP contribution in [0.3, 0.4) is 0 Å². The average Bonchev–Trinajstić information content (AvgIpc) is 3.24. The van der Waals surface area contributed by atoms with Crippen molar-refractivity contribution < 1.29 is 9.53 Å². The van der Waals surface area contributed by atoms with Crippen LogP contribution in [0.15, 0.2) is 85.3 Å². The van der Waals surface area contributed by atoms with E-state index in [1.165, 1.54) is 0 Å². The molecule has 0 aliphatic heterocycles. The number of aryl methyl sites for hydroxylation is 1. The van der Waals surface area contributed by atoms with E-state index < -0.39 is 0 Å². The van der Waals surface area contributed by atoms with E-state index in [4.69, 9.17) is 16.3 Å². The molecule has 1 unspecified atom stereocenters. The molecule has 0 aliphatic carbocycles. The fourth-order valence-electron chi connectivity index (χ4n) is 3.46. The highest BCUT2D eigenvalue weighted by Gasteiger charge is 2.19. The number of rotatable bonds is 6. The Kier molecular flexibility index (Phi) is 6.05. The number of ether oxygens (including phenoxy) is 1. The first-order valence-electron chi connectivity index (χ1n) is 9.85. The van der Waals surface area contributed by atoms with Gasteiger partial charge in [-0.3, -0.25) is 4.79 Å². The quantitative estimate of drug-likeness (QED) is 0.447. The van der Waals surface area contributed by atoms with E-state index in [0.29, 0.717) is 16.3 Å². The van der Waals surface area contributed by atoms with Gasteiger partial charge in [0.2, 0.25) is 0 Å². The molecule has 1 atom stereocenters. The first-order chi connectivity index (χ1) is 15.0. The van der Waals surface area contributed by atoms with Gasteiger partial charge in [-0.25, -0.2) is 4.98 Å². The van der Waals surface area contributed by atoms with Crippen molar-refractivity contribution in [1.29, 1.82) is 0 Å². The van der Waals surface area contributed by atoms with Crippen molar-refractivity contribution in [2.24, 2.45) is 0 Å². The second-order valence-corrected chi connectivity index (χ2v) is 7.61. The van der Waals surface area contributed by atoms with Crippen molar-refractivity contribution in [2.45, 2.75) is 13.0 Å². The predicted molar refractivity (Wildman–Crippen MR) is 122 cm³/mol. The van der Waals surface area contributed by atoms with Gasteiger partial charge >= 0.3 is 0 Å². The third-order valence-electron chi connectivity index (χ3n) is 5.04. The highest BCUT2D eigenvalue weighted by Crippen LogP contribution is 2.27. The number of halogens is 1. The summed E-state index contributed by atoms with van der Waals surface area (Å²) in [6.07, 6.45) is 3.63. The molecule has 0 bridgehead atoms. The summed E-state index contributed by atoms with van der Waals surface area (Å²) >= 11 is 6.06. The van der Waals surface area contributed by atoms with Gasteiger partial charge in [-0.15, -0.1) is 0 Å². The van der Waals surface area contributed by atoms with E-state index >= 15 is 0 Å². The maximum Gasteiger partial charge on any atom is 0.252 e. The number of amides is 1. The SMILES string of the molecule is COc1cc(C(=O)NC(c2ccccc2)c2ccc(Cl)cc2)ccc1-n1cnc(C)c1. The topological polar surface area (TPSA) is 56.1 Å². The second kappa shape index (κ2) is 9.06.